The second kappa shape index (κ2) is 12.9. The predicted molar refractivity (Wildman–Crippen MR) is 157 cm³/mol. The van der Waals surface area contributed by atoms with E-state index in [0.29, 0.717) is 19.4 Å². The molecule has 1 fully saturated rings. The molecule has 0 aromatic heterocycles. The van der Waals surface area contributed by atoms with Gasteiger partial charge < -0.3 is 20.7 Å². The van der Waals surface area contributed by atoms with Crippen LogP contribution in [0.5, 0.6) is 0 Å². The Kier molecular flexibility index (Phi) is 8.86. The van der Waals surface area contributed by atoms with Crippen LogP contribution < -0.4 is 16.0 Å². The molecule has 4 aromatic rings. The summed E-state index contributed by atoms with van der Waals surface area (Å²) in [5.41, 5.74) is 2.14. The van der Waals surface area contributed by atoms with Crippen molar-refractivity contribution in [2.45, 2.75) is 37.8 Å². The Hall–Kier alpha value is -3.74. The lowest BCUT2D eigenvalue weighted by Gasteiger charge is -2.27. The van der Waals surface area contributed by atoms with Gasteiger partial charge in [-0.2, -0.15) is 0 Å². The number of fused-ring (bicyclic) bond motifs is 2. The number of methoxy groups -OCH3 is 1. The van der Waals surface area contributed by atoms with Crippen LogP contribution in [0.1, 0.15) is 24.0 Å². The Balaban J connectivity index is 1.34. The summed E-state index contributed by atoms with van der Waals surface area (Å²) >= 11 is 0. The van der Waals surface area contributed by atoms with Crippen LogP contribution in [-0.4, -0.2) is 50.7 Å². The van der Waals surface area contributed by atoms with Gasteiger partial charge in [-0.1, -0.05) is 84.9 Å². The highest BCUT2D eigenvalue weighted by atomic mass is 16.5. The average Bonchev–Trinajstić information content (AvgIpc) is 2.97. The summed E-state index contributed by atoms with van der Waals surface area (Å²) < 4.78 is 5.48. The third-order valence-corrected chi connectivity index (χ3v) is 7.61. The first-order valence-corrected chi connectivity index (χ1v) is 13.8. The molecule has 1 aliphatic heterocycles. The van der Waals surface area contributed by atoms with Crippen molar-refractivity contribution in [3.63, 3.8) is 0 Å². The lowest BCUT2D eigenvalue weighted by atomic mass is 9.95. The number of nitrogens with one attached hydrogen (secondary N) is 3. The minimum Gasteiger partial charge on any atom is -0.383 e. The number of hydrogen-bond acceptors (Lipinski definition) is 4. The van der Waals surface area contributed by atoms with Crippen molar-refractivity contribution in [1.82, 2.24) is 16.0 Å². The third kappa shape index (κ3) is 7.02. The second-order valence-electron chi connectivity index (χ2n) is 10.5. The van der Waals surface area contributed by atoms with Crippen LogP contribution in [0.4, 0.5) is 0 Å². The average molecular weight is 524 g/mol. The fourth-order valence-corrected chi connectivity index (χ4v) is 5.49. The van der Waals surface area contributed by atoms with Crippen molar-refractivity contribution < 1.29 is 14.3 Å². The minimum atomic E-state index is -0.676. The molecule has 0 aliphatic carbocycles. The molecule has 0 saturated carbocycles. The van der Waals surface area contributed by atoms with Crippen molar-refractivity contribution in [3.05, 3.63) is 96.1 Å². The summed E-state index contributed by atoms with van der Waals surface area (Å²) in [7, 11) is 1.64. The van der Waals surface area contributed by atoms with Crippen molar-refractivity contribution in [2.75, 3.05) is 26.8 Å². The van der Waals surface area contributed by atoms with E-state index >= 15 is 0 Å². The Morgan fingerprint density at radius 3 is 1.95 bits per heavy atom. The fraction of sp³-hybridized carbons (Fsp3) is 0.333. The molecule has 1 heterocycles. The van der Waals surface area contributed by atoms with E-state index in [4.69, 9.17) is 4.74 Å². The Morgan fingerprint density at radius 2 is 1.36 bits per heavy atom. The maximum Gasteiger partial charge on any atom is 0.243 e. The number of rotatable bonds is 10. The van der Waals surface area contributed by atoms with E-state index in [0.717, 1.165) is 47.8 Å². The van der Waals surface area contributed by atoms with Crippen LogP contribution >= 0.6 is 0 Å². The highest BCUT2D eigenvalue weighted by Gasteiger charge is 2.28. The number of ether oxygens (including phenoxy) is 1. The first kappa shape index (κ1) is 26.9. The second-order valence-corrected chi connectivity index (χ2v) is 10.5. The van der Waals surface area contributed by atoms with Gasteiger partial charge >= 0.3 is 0 Å². The molecule has 4 aromatic carbocycles. The molecule has 6 heteroatoms. The fourth-order valence-electron chi connectivity index (χ4n) is 5.49. The summed E-state index contributed by atoms with van der Waals surface area (Å²) in [6, 6.07) is 28.1. The Bertz CT molecular complexity index is 1430. The van der Waals surface area contributed by atoms with E-state index in [1.54, 1.807) is 7.11 Å². The molecule has 0 spiro atoms. The molecule has 0 bridgehead atoms. The van der Waals surface area contributed by atoms with Gasteiger partial charge in [0.2, 0.25) is 11.8 Å². The highest BCUT2D eigenvalue weighted by Crippen LogP contribution is 2.19. The van der Waals surface area contributed by atoms with Crippen molar-refractivity contribution in [2.24, 2.45) is 5.92 Å². The van der Waals surface area contributed by atoms with Gasteiger partial charge in [0.1, 0.15) is 6.04 Å². The number of carbonyl (C=O) groups excluding carboxylic acids is 2. The van der Waals surface area contributed by atoms with Crippen LogP contribution in [0, 0.1) is 5.92 Å². The predicted octanol–water partition coefficient (Wildman–Crippen LogP) is 4.39. The molecule has 2 atom stereocenters. The lowest BCUT2D eigenvalue weighted by molar-refractivity contribution is -0.132. The van der Waals surface area contributed by atoms with Gasteiger partial charge in [-0.25, -0.2) is 0 Å². The first-order valence-electron chi connectivity index (χ1n) is 13.8. The number of carbonyl (C=O) groups is 2. The zero-order valence-electron chi connectivity index (χ0n) is 22.5. The molecular formula is C33H37N3O3. The van der Waals surface area contributed by atoms with Gasteiger partial charge in [0.15, 0.2) is 0 Å². The van der Waals surface area contributed by atoms with Crippen LogP contribution in [-0.2, 0) is 27.2 Å². The number of piperidine rings is 1. The third-order valence-electron chi connectivity index (χ3n) is 7.61. The quantitative estimate of drug-likeness (QED) is 0.288. The summed E-state index contributed by atoms with van der Waals surface area (Å²) in [5.74, 6) is -0.311. The van der Waals surface area contributed by atoms with Crippen LogP contribution in [0.3, 0.4) is 0 Å². The monoisotopic (exact) mass is 523 g/mol. The van der Waals surface area contributed by atoms with E-state index in [9.17, 15) is 9.59 Å². The van der Waals surface area contributed by atoms with Gasteiger partial charge in [0.25, 0.3) is 0 Å². The topological polar surface area (TPSA) is 79.5 Å². The molecule has 3 N–H and O–H groups in total. The van der Waals surface area contributed by atoms with Gasteiger partial charge in [-0.05, 0) is 65.0 Å². The largest absolute Gasteiger partial charge is 0.383 e. The SMILES string of the molecule is COCC(Cc1ccc2ccccc2c1)NC(=O)[C@@H](Cc1ccc2ccccc2c1)NC(=O)C1CCNCC1. The molecule has 5 rings (SSSR count). The maximum atomic E-state index is 13.7. The smallest absolute Gasteiger partial charge is 0.243 e. The normalized spacial score (nSPS) is 15.6. The van der Waals surface area contributed by atoms with E-state index in [2.05, 4.69) is 70.5 Å². The van der Waals surface area contributed by atoms with Gasteiger partial charge in [-0.3, -0.25) is 9.59 Å². The van der Waals surface area contributed by atoms with E-state index in [1.807, 2.05) is 30.3 Å². The summed E-state index contributed by atoms with van der Waals surface area (Å²) in [6.45, 7) is 2.02. The maximum absolute atomic E-state index is 13.7. The molecule has 39 heavy (non-hydrogen) atoms. The highest BCUT2D eigenvalue weighted by molar-refractivity contribution is 5.89. The Morgan fingerprint density at radius 1 is 0.795 bits per heavy atom. The van der Waals surface area contributed by atoms with Crippen LogP contribution in [0.15, 0.2) is 84.9 Å². The van der Waals surface area contributed by atoms with Gasteiger partial charge in [-0.15, -0.1) is 0 Å². The molecule has 0 radical (unpaired) electrons. The van der Waals surface area contributed by atoms with E-state index in [-0.39, 0.29) is 23.8 Å². The first-order chi connectivity index (χ1) is 19.1. The van der Waals surface area contributed by atoms with Crippen molar-refractivity contribution in [3.8, 4) is 0 Å². The standard InChI is InChI=1S/C33H37N3O3/c1-39-22-30(20-23-10-12-25-6-2-4-8-28(25)18-23)35-33(38)31(36-32(37)27-14-16-34-17-15-27)21-24-11-13-26-7-3-5-9-29(26)19-24/h2-13,18-19,27,30-31,34H,14-17,20-22H2,1H3,(H,35,38)(H,36,37)/t30?,31-/m1/s1. The number of benzene rings is 4. The lowest BCUT2D eigenvalue weighted by Crippen LogP contribution is -2.53. The summed E-state index contributed by atoms with van der Waals surface area (Å²) in [4.78, 5) is 26.9. The Labute approximate surface area is 230 Å². The number of amides is 2. The van der Waals surface area contributed by atoms with Crippen LogP contribution in [0.2, 0.25) is 0 Å². The van der Waals surface area contributed by atoms with Crippen molar-refractivity contribution in [1.29, 1.82) is 0 Å². The zero-order chi connectivity index (χ0) is 27.0. The number of hydrogen-bond donors (Lipinski definition) is 3. The molecule has 1 aliphatic rings. The van der Waals surface area contributed by atoms with Crippen molar-refractivity contribution >= 4 is 33.4 Å². The van der Waals surface area contributed by atoms with Gasteiger partial charge in [0.05, 0.1) is 12.6 Å². The molecular weight excluding hydrogens is 486 g/mol. The molecule has 202 valence electrons. The summed E-state index contributed by atoms with van der Waals surface area (Å²) in [5, 5.41) is 14.2. The van der Waals surface area contributed by atoms with Crippen LogP contribution in [0.25, 0.3) is 21.5 Å². The molecule has 6 nitrogen and oxygen atoms in total. The molecule has 1 unspecified atom stereocenters. The summed E-state index contributed by atoms with van der Waals surface area (Å²) in [6.07, 6.45) is 2.62. The molecule has 2 amide bonds. The van der Waals surface area contributed by atoms with E-state index in [1.165, 1.54) is 10.8 Å². The minimum absolute atomic E-state index is 0.0461. The zero-order valence-corrected chi connectivity index (χ0v) is 22.5. The van der Waals surface area contributed by atoms with Gasteiger partial charge in [0, 0.05) is 19.4 Å². The van der Waals surface area contributed by atoms with E-state index < -0.39 is 6.04 Å². The molecule has 1 saturated heterocycles.